The summed E-state index contributed by atoms with van der Waals surface area (Å²) in [4.78, 5) is 2.42. The van der Waals surface area contributed by atoms with Crippen molar-refractivity contribution in [3.05, 3.63) is 83.9 Å². The molecule has 3 nitrogen and oxygen atoms in total. The first-order valence-electron chi connectivity index (χ1n) is 11.2. The molecule has 1 aliphatic heterocycles. The SMILES string of the molecule is COc1ccc2ccccc2c1Cc1c(OCN2CCCCC2)ccc2ccccc12. The van der Waals surface area contributed by atoms with Crippen molar-refractivity contribution < 1.29 is 9.47 Å². The summed E-state index contributed by atoms with van der Waals surface area (Å²) in [6.07, 6.45) is 4.63. The van der Waals surface area contributed by atoms with E-state index < -0.39 is 0 Å². The summed E-state index contributed by atoms with van der Waals surface area (Å²) >= 11 is 0. The van der Waals surface area contributed by atoms with Gasteiger partial charge in [0, 0.05) is 30.6 Å². The quantitative estimate of drug-likeness (QED) is 0.366. The van der Waals surface area contributed by atoms with Crippen molar-refractivity contribution in [2.45, 2.75) is 25.7 Å². The van der Waals surface area contributed by atoms with Crippen LogP contribution in [0.4, 0.5) is 0 Å². The Morgan fingerprint density at radius 2 is 1.26 bits per heavy atom. The van der Waals surface area contributed by atoms with Gasteiger partial charge in [0.2, 0.25) is 0 Å². The van der Waals surface area contributed by atoms with Crippen LogP contribution in [0.25, 0.3) is 21.5 Å². The highest BCUT2D eigenvalue weighted by Gasteiger charge is 2.17. The molecular formula is C28H29NO2. The highest BCUT2D eigenvalue weighted by Crippen LogP contribution is 2.36. The van der Waals surface area contributed by atoms with Crippen LogP contribution < -0.4 is 9.47 Å². The zero-order valence-corrected chi connectivity index (χ0v) is 18.1. The Hall–Kier alpha value is -3.04. The lowest BCUT2D eigenvalue weighted by atomic mass is 9.93. The van der Waals surface area contributed by atoms with Gasteiger partial charge in [-0.3, -0.25) is 4.90 Å². The van der Waals surface area contributed by atoms with Crippen molar-refractivity contribution >= 4 is 21.5 Å². The van der Waals surface area contributed by atoms with Gasteiger partial charge in [0.1, 0.15) is 18.2 Å². The molecule has 1 fully saturated rings. The van der Waals surface area contributed by atoms with Crippen LogP contribution in [0.15, 0.2) is 72.8 Å². The number of hydrogen-bond donors (Lipinski definition) is 0. The van der Waals surface area contributed by atoms with Gasteiger partial charge >= 0.3 is 0 Å². The van der Waals surface area contributed by atoms with Crippen molar-refractivity contribution in [1.82, 2.24) is 4.90 Å². The normalized spacial score (nSPS) is 14.7. The summed E-state index contributed by atoms with van der Waals surface area (Å²) in [5.41, 5.74) is 2.43. The fourth-order valence-corrected chi connectivity index (χ4v) is 4.75. The molecule has 1 aliphatic rings. The third-order valence-electron chi connectivity index (χ3n) is 6.42. The van der Waals surface area contributed by atoms with Crippen LogP contribution in [0.2, 0.25) is 0 Å². The van der Waals surface area contributed by atoms with Gasteiger partial charge in [-0.15, -0.1) is 0 Å². The average Bonchev–Trinajstić information content (AvgIpc) is 2.84. The zero-order valence-electron chi connectivity index (χ0n) is 18.1. The van der Waals surface area contributed by atoms with E-state index in [1.54, 1.807) is 7.11 Å². The van der Waals surface area contributed by atoms with E-state index in [2.05, 4.69) is 77.7 Å². The largest absolute Gasteiger partial charge is 0.496 e. The van der Waals surface area contributed by atoms with E-state index >= 15 is 0 Å². The lowest BCUT2D eigenvalue weighted by Crippen LogP contribution is -2.33. The third-order valence-corrected chi connectivity index (χ3v) is 6.42. The van der Waals surface area contributed by atoms with Gasteiger partial charge in [0.15, 0.2) is 0 Å². The van der Waals surface area contributed by atoms with Crippen LogP contribution in [0, 0.1) is 0 Å². The molecule has 0 amide bonds. The van der Waals surface area contributed by atoms with Crippen LogP contribution in [0.1, 0.15) is 30.4 Å². The Morgan fingerprint density at radius 1 is 0.677 bits per heavy atom. The minimum Gasteiger partial charge on any atom is -0.496 e. The second-order valence-corrected chi connectivity index (χ2v) is 8.36. The maximum absolute atomic E-state index is 6.43. The maximum Gasteiger partial charge on any atom is 0.142 e. The van der Waals surface area contributed by atoms with E-state index in [-0.39, 0.29) is 0 Å². The van der Waals surface area contributed by atoms with Crippen LogP contribution in [0.3, 0.4) is 0 Å². The minimum absolute atomic E-state index is 0.651. The number of benzene rings is 4. The van der Waals surface area contributed by atoms with E-state index in [9.17, 15) is 0 Å². The van der Waals surface area contributed by atoms with Crippen molar-refractivity contribution in [2.24, 2.45) is 0 Å². The van der Waals surface area contributed by atoms with Crippen LogP contribution in [0.5, 0.6) is 11.5 Å². The van der Waals surface area contributed by atoms with E-state index in [1.807, 2.05) is 0 Å². The molecular weight excluding hydrogens is 382 g/mol. The molecule has 0 aromatic heterocycles. The summed E-state index contributed by atoms with van der Waals surface area (Å²) in [6, 6.07) is 25.6. The Balaban J connectivity index is 1.58. The van der Waals surface area contributed by atoms with Gasteiger partial charge < -0.3 is 9.47 Å². The van der Waals surface area contributed by atoms with E-state index in [4.69, 9.17) is 9.47 Å². The molecule has 3 heteroatoms. The fourth-order valence-electron chi connectivity index (χ4n) is 4.75. The smallest absolute Gasteiger partial charge is 0.142 e. The molecule has 0 atom stereocenters. The molecule has 0 bridgehead atoms. The van der Waals surface area contributed by atoms with Gasteiger partial charge in [-0.05, 0) is 46.5 Å². The summed E-state index contributed by atoms with van der Waals surface area (Å²) in [6.45, 7) is 2.90. The van der Waals surface area contributed by atoms with Crippen molar-refractivity contribution in [2.75, 3.05) is 26.9 Å². The number of nitrogens with zero attached hydrogens (tertiary/aromatic N) is 1. The summed E-state index contributed by atoms with van der Waals surface area (Å²) in [5.74, 6) is 1.90. The lowest BCUT2D eigenvalue weighted by molar-refractivity contribution is 0.106. The van der Waals surface area contributed by atoms with Crippen molar-refractivity contribution in [3.8, 4) is 11.5 Å². The molecule has 5 rings (SSSR count). The number of hydrogen-bond acceptors (Lipinski definition) is 3. The molecule has 0 spiro atoms. The Labute approximate surface area is 184 Å². The first kappa shape index (κ1) is 19.9. The van der Waals surface area contributed by atoms with E-state index in [1.165, 1.54) is 51.9 Å². The molecule has 0 unspecified atom stereocenters. The first-order chi connectivity index (χ1) is 15.3. The first-order valence-corrected chi connectivity index (χ1v) is 11.2. The topological polar surface area (TPSA) is 21.7 Å². The molecule has 4 aromatic rings. The highest BCUT2D eigenvalue weighted by molar-refractivity contribution is 5.91. The highest BCUT2D eigenvalue weighted by atomic mass is 16.5. The molecule has 158 valence electrons. The van der Waals surface area contributed by atoms with Gasteiger partial charge in [-0.25, -0.2) is 0 Å². The monoisotopic (exact) mass is 411 g/mol. The predicted octanol–water partition coefficient (Wildman–Crippen LogP) is 6.41. The van der Waals surface area contributed by atoms with Gasteiger partial charge in [0.25, 0.3) is 0 Å². The Kier molecular flexibility index (Phi) is 5.77. The van der Waals surface area contributed by atoms with Crippen LogP contribution in [-0.4, -0.2) is 31.8 Å². The second-order valence-electron chi connectivity index (χ2n) is 8.36. The number of likely N-dealkylation sites (tertiary alicyclic amines) is 1. The molecule has 1 heterocycles. The Morgan fingerprint density at radius 3 is 1.90 bits per heavy atom. The molecule has 0 radical (unpaired) electrons. The number of fused-ring (bicyclic) bond motifs is 2. The molecule has 0 N–H and O–H groups in total. The summed E-state index contributed by atoms with van der Waals surface area (Å²) < 4.78 is 12.2. The molecule has 0 aliphatic carbocycles. The summed E-state index contributed by atoms with van der Waals surface area (Å²) in [5, 5.41) is 4.95. The fraction of sp³-hybridized carbons (Fsp3) is 0.286. The van der Waals surface area contributed by atoms with E-state index in [0.29, 0.717) is 6.73 Å². The van der Waals surface area contributed by atoms with Crippen LogP contribution in [-0.2, 0) is 6.42 Å². The predicted molar refractivity (Wildman–Crippen MR) is 128 cm³/mol. The standard InChI is InChI=1S/C28H29NO2/c1-30-27-15-13-21-9-3-5-11-23(21)25(27)19-26-24-12-6-4-10-22(24)14-16-28(26)31-20-29-17-7-2-8-18-29/h3-6,9-16H,2,7-8,17-20H2,1H3. The summed E-state index contributed by atoms with van der Waals surface area (Å²) in [7, 11) is 1.75. The van der Waals surface area contributed by atoms with Crippen molar-refractivity contribution in [3.63, 3.8) is 0 Å². The van der Waals surface area contributed by atoms with E-state index in [0.717, 1.165) is 31.0 Å². The second kappa shape index (κ2) is 8.99. The molecule has 31 heavy (non-hydrogen) atoms. The van der Waals surface area contributed by atoms with Gasteiger partial charge in [-0.1, -0.05) is 67.1 Å². The lowest BCUT2D eigenvalue weighted by Gasteiger charge is -2.27. The average molecular weight is 412 g/mol. The van der Waals surface area contributed by atoms with Gasteiger partial charge in [-0.2, -0.15) is 0 Å². The zero-order chi connectivity index (χ0) is 21.0. The maximum atomic E-state index is 6.43. The number of rotatable bonds is 6. The molecule has 1 saturated heterocycles. The van der Waals surface area contributed by atoms with Gasteiger partial charge in [0.05, 0.1) is 7.11 Å². The molecule has 4 aromatic carbocycles. The molecule has 0 saturated carbocycles. The van der Waals surface area contributed by atoms with Crippen molar-refractivity contribution in [1.29, 1.82) is 0 Å². The van der Waals surface area contributed by atoms with Crippen LogP contribution >= 0.6 is 0 Å². The Bertz CT molecular complexity index is 1190. The minimum atomic E-state index is 0.651. The number of ether oxygens (including phenoxy) is 2. The number of methoxy groups -OCH3 is 1. The third kappa shape index (κ3) is 4.11. The number of piperidine rings is 1.